The summed E-state index contributed by atoms with van der Waals surface area (Å²) in [5.41, 5.74) is 2.49. The average Bonchev–Trinajstić information content (AvgIpc) is 2.42. The number of aryl methyl sites for hydroxylation is 1. The lowest BCUT2D eigenvalue weighted by molar-refractivity contribution is 0.102. The van der Waals surface area contributed by atoms with Crippen LogP contribution >= 0.6 is 27.5 Å². The summed E-state index contributed by atoms with van der Waals surface area (Å²) in [6.45, 7) is 3.57. The molecule has 0 atom stereocenters. The van der Waals surface area contributed by atoms with Crippen molar-refractivity contribution in [3.05, 3.63) is 56.5 Å². The number of halogens is 2. The number of aromatic hydroxyl groups is 1. The highest BCUT2D eigenvalue weighted by atomic mass is 79.9. The topological polar surface area (TPSA) is 49.3 Å². The van der Waals surface area contributed by atoms with Gasteiger partial charge in [-0.15, -0.1) is 0 Å². The van der Waals surface area contributed by atoms with Gasteiger partial charge in [0.15, 0.2) is 0 Å². The largest absolute Gasteiger partial charge is 0.507 e. The first-order valence-electron chi connectivity index (χ1n) is 5.95. The highest BCUT2D eigenvalue weighted by Crippen LogP contribution is 2.29. The van der Waals surface area contributed by atoms with Crippen molar-refractivity contribution >= 4 is 39.1 Å². The van der Waals surface area contributed by atoms with E-state index in [9.17, 15) is 9.90 Å². The zero-order valence-corrected chi connectivity index (χ0v) is 13.3. The van der Waals surface area contributed by atoms with Gasteiger partial charge in [0.1, 0.15) is 5.75 Å². The Labute approximate surface area is 130 Å². The Bertz CT molecular complexity index is 686. The molecule has 2 aromatic carbocycles. The molecule has 0 fully saturated rings. The molecule has 0 aliphatic rings. The fraction of sp³-hybridized carbons (Fsp3) is 0.133. The minimum absolute atomic E-state index is 0.195. The molecule has 0 aliphatic carbocycles. The molecule has 2 rings (SSSR count). The second kappa shape index (κ2) is 5.85. The molecular formula is C15H13BrClNO2. The summed E-state index contributed by atoms with van der Waals surface area (Å²) in [6.07, 6.45) is 0. The molecule has 0 bridgehead atoms. The van der Waals surface area contributed by atoms with E-state index in [-0.39, 0.29) is 11.7 Å². The molecule has 0 aliphatic heterocycles. The van der Waals surface area contributed by atoms with E-state index in [1.807, 2.05) is 6.92 Å². The van der Waals surface area contributed by atoms with Gasteiger partial charge in [-0.3, -0.25) is 4.79 Å². The lowest BCUT2D eigenvalue weighted by Gasteiger charge is -2.11. The standard InChI is InChI=1S/C15H13BrClNO2/c1-8-3-6-13(9(2)14(8)19)18-15(20)10-4-5-12(17)11(16)7-10/h3-7,19H,1-2H3,(H,18,20). The molecule has 0 spiro atoms. The van der Waals surface area contributed by atoms with Gasteiger partial charge in [-0.25, -0.2) is 0 Å². The first-order chi connectivity index (χ1) is 9.40. The second-order valence-corrected chi connectivity index (χ2v) is 5.75. The van der Waals surface area contributed by atoms with Gasteiger partial charge >= 0.3 is 0 Å². The zero-order valence-electron chi connectivity index (χ0n) is 11.0. The first-order valence-corrected chi connectivity index (χ1v) is 7.13. The molecule has 1 amide bonds. The van der Waals surface area contributed by atoms with Crippen LogP contribution in [0.15, 0.2) is 34.8 Å². The third-order valence-corrected chi connectivity index (χ3v) is 4.28. The highest BCUT2D eigenvalue weighted by Gasteiger charge is 2.12. The van der Waals surface area contributed by atoms with Crippen molar-refractivity contribution in [2.45, 2.75) is 13.8 Å². The number of anilines is 1. The van der Waals surface area contributed by atoms with Crippen LogP contribution in [0.5, 0.6) is 5.75 Å². The summed E-state index contributed by atoms with van der Waals surface area (Å²) in [7, 11) is 0. The number of hydrogen-bond donors (Lipinski definition) is 2. The molecule has 0 saturated heterocycles. The molecule has 0 unspecified atom stereocenters. The Kier molecular flexibility index (Phi) is 4.35. The van der Waals surface area contributed by atoms with Crippen molar-refractivity contribution in [1.29, 1.82) is 0 Å². The Morgan fingerprint density at radius 3 is 2.60 bits per heavy atom. The average molecular weight is 355 g/mol. The third-order valence-electron chi connectivity index (χ3n) is 3.06. The van der Waals surface area contributed by atoms with E-state index in [0.717, 1.165) is 5.56 Å². The molecule has 0 radical (unpaired) electrons. The maximum absolute atomic E-state index is 12.2. The Morgan fingerprint density at radius 2 is 1.95 bits per heavy atom. The molecular weight excluding hydrogens is 342 g/mol. The number of hydrogen-bond acceptors (Lipinski definition) is 2. The summed E-state index contributed by atoms with van der Waals surface area (Å²) >= 11 is 9.18. The Hall–Kier alpha value is -1.52. The minimum Gasteiger partial charge on any atom is -0.507 e. The number of phenolic OH excluding ortho intramolecular Hbond substituents is 1. The number of carbonyl (C=O) groups excluding carboxylic acids is 1. The second-order valence-electron chi connectivity index (χ2n) is 4.49. The van der Waals surface area contributed by atoms with Crippen LogP contribution in [0.25, 0.3) is 0 Å². The van der Waals surface area contributed by atoms with Gasteiger partial charge in [-0.2, -0.15) is 0 Å². The number of carbonyl (C=O) groups is 1. The van der Waals surface area contributed by atoms with Gasteiger partial charge in [-0.1, -0.05) is 17.7 Å². The highest BCUT2D eigenvalue weighted by molar-refractivity contribution is 9.10. The quantitative estimate of drug-likeness (QED) is 0.823. The van der Waals surface area contributed by atoms with E-state index in [1.165, 1.54) is 0 Å². The molecule has 5 heteroatoms. The maximum atomic E-state index is 12.2. The predicted octanol–water partition coefficient (Wildman–Crippen LogP) is 4.68. The lowest BCUT2D eigenvalue weighted by Crippen LogP contribution is -2.12. The van der Waals surface area contributed by atoms with Gasteiger partial charge in [-0.05, 0) is 59.6 Å². The summed E-state index contributed by atoms with van der Waals surface area (Å²) in [5, 5.41) is 13.2. The Morgan fingerprint density at radius 1 is 1.25 bits per heavy atom. The van der Waals surface area contributed by atoms with Gasteiger partial charge < -0.3 is 10.4 Å². The summed E-state index contributed by atoms with van der Waals surface area (Å²) in [4.78, 5) is 12.2. The van der Waals surface area contributed by atoms with Crippen LogP contribution in [-0.2, 0) is 0 Å². The van der Waals surface area contributed by atoms with E-state index in [4.69, 9.17) is 11.6 Å². The lowest BCUT2D eigenvalue weighted by atomic mass is 10.1. The third kappa shape index (κ3) is 2.97. The van der Waals surface area contributed by atoms with Crippen LogP contribution in [0.4, 0.5) is 5.69 Å². The van der Waals surface area contributed by atoms with E-state index in [1.54, 1.807) is 37.3 Å². The van der Waals surface area contributed by atoms with E-state index in [2.05, 4.69) is 21.2 Å². The van der Waals surface area contributed by atoms with E-state index < -0.39 is 0 Å². The first kappa shape index (κ1) is 14.9. The Balaban J connectivity index is 2.28. The smallest absolute Gasteiger partial charge is 0.255 e. The maximum Gasteiger partial charge on any atom is 0.255 e. The molecule has 104 valence electrons. The van der Waals surface area contributed by atoms with Crippen molar-refractivity contribution in [2.75, 3.05) is 5.32 Å². The summed E-state index contributed by atoms with van der Waals surface area (Å²) in [6, 6.07) is 8.48. The monoisotopic (exact) mass is 353 g/mol. The van der Waals surface area contributed by atoms with E-state index in [0.29, 0.717) is 26.3 Å². The van der Waals surface area contributed by atoms with Gasteiger partial charge in [0, 0.05) is 21.3 Å². The molecule has 0 saturated carbocycles. The molecule has 3 nitrogen and oxygen atoms in total. The van der Waals surface area contributed by atoms with Crippen LogP contribution in [-0.4, -0.2) is 11.0 Å². The van der Waals surface area contributed by atoms with Crippen molar-refractivity contribution < 1.29 is 9.90 Å². The summed E-state index contributed by atoms with van der Waals surface area (Å²) in [5.74, 6) is -0.0613. The molecule has 2 N–H and O–H groups in total. The minimum atomic E-state index is -0.256. The van der Waals surface area contributed by atoms with Gasteiger partial charge in [0.25, 0.3) is 5.91 Å². The van der Waals surface area contributed by atoms with Crippen LogP contribution in [0.2, 0.25) is 5.02 Å². The summed E-state index contributed by atoms with van der Waals surface area (Å²) < 4.78 is 0.662. The number of benzene rings is 2. The van der Waals surface area contributed by atoms with Crippen LogP contribution in [0.3, 0.4) is 0 Å². The fourth-order valence-electron chi connectivity index (χ4n) is 1.80. The predicted molar refractivity (Wildman–Crippen MR) is 84.7 cm³/mol. The van der Waals surface area contributed by atoms with Crippen molar-refractivity contribution in [3.63, 3.8) is 0 Å². The molecule has 0 aromatic heterocycles. The number of phenols is 1. The SMILES string of the molecule is Cc1ccc(NC(=O)c2ccc(Cl)c(Br)c2)c(C)c1O. The number of rotatable bonds is 2. The van der Waals surface area contributed by atoms with Crippen LogP contribution in [0.1, 0.15) is 21.5 Å². The van der Waals surface area contributed by atoms with Gasteiger partial charge in [0.05, 0.1) is 5.02 Å². The molecule has 20 heavy (non-hydrogen) atoms. The van der Waals surface area contributed by atoms with Crippen molar-refractivity contribution in [2.24, 2.45) is 0 Å². The van der Waals surface area contributed by atoms with Crippen LogP contribution in [0, 0.1) is 13.8 Å². The molecule has 2 aromatic rings. The molecule has 0 heterocycles. The van der Waals surface area contributed by atoms with E-state index >= 15 is 0 Å². The number of amides is 1. The normalized spacial score (nSPS) is 10.4. The fourth-order valence-corrected chi connectivity index (χ4v) is 2.30. The van der Waals surface area contributed by atoms with Gasteiger partial charge in [0.2, 0.25) is 0 Å². The zero-order chi connectivity index (χ0) is 14.9. The van der Waals surface area contributed by atoms with Crippen LogP contribution < -0.4 is 5.32 Å². The van der Waals surface area contributed by atoms with Crippen molar-refractivity contribution in [1.82, 2.24) is 0 Å². The van der Waals surface area contributed by atoms with Crippen molar-refractivity contribution in [3.8, 4) is 5.75 Å². The number of nitrogens with one attached hydrogen (secondary N) is 1.